The van der Waals surface area contributed by atoms with Gasteiger partial charge in [0.1, 0.15) is 0 Å². The van der Waals surface area contributed by atoms with Gasteiger partial charge in [-0.3, -0.25) is 4.79 Å². The smallest absolute Gasteiger partial charge is 0.458 e. The summed E-state index contributed by atoms with van der Waals surface area (Å²) in [6.07, 6.45) is 0. The molecule has 1 N–H and O–H groups in total. The molecule has 0 aromatic carbocycles. The van der Waals surface area contributed by atoms with Gasteiger partial charge in [0.2, 0.25) is 0 Å². The van der Waals surface area contributed by atoms with Crippen LogP contribution >= 0.6 is 0 Å². The van der Waals surface area contributed by atoms with Crippen molar-refractivity contribution in [1.29, 1.82) is 0 Å². The third-order valence-electron chi connectivity index (χ3n) is 1.17. The van der Waals surface area contributed by atoms with Crippen LogP contribution in [0.3, 0.4) is 0 Å². The first-order chi connectivity index (χ1) is 4.06. The molecule has 0 bridgehead atoms. The van der Waals surface area contributed by atoms with E-state index >= 15 is 0 Å². The van der Waals surface area contributed by atoms with Gasteiger partial charge in [-0.1, -0.05) is 0 Å². The molecule has 0 saturated heterocycles. The molecule has 0 aromatic rings. The molecule has 0 unspecified atom stereocenters. The Balaban J connectivity index is 4.09. The summed E-state index contributed by atoms with van der Waals surface area (Å²) in [6, 6.07) is 0. The fourth-order valence-electron chi connectivity index (χ4n) is 0.258. The fraction of sp³-hybridized carbons (Fsp3) is 0.750. The minimum atomic E-state index is -2.86. The second-order valence-corrected chi connectivity index (χ2v) is 4.79. The van der Waals surface area contributed by atoms with Gasteiger partial charge in [-0.05, 0) is 6.55 Å². The Kier molecular flexibility index (Phi) is 2.82. The van der Waals surface area contributed by atoms with Crippen LogP contribution < -0.4 is 0 Å². The van der Waals surface area contributed by atoms with Crippen molar-refractivity contribution in [1.82, 2.24) is 0 Å². The van der Waals surface area contributed by atoms with E-state index in [0.717, 1.165) is 0 Å². The maximum atomic E-state index is 10.3. The summed E-state index contributed by atoms with van der Waals surface area (Å²) in [6.45, 7) is 1.47. The summed E-state index contributed by atoms with van der Waals surface area (Å²) < 4.78 is 9.33. The van der Waals surface area contributed by atoms with Crippen molar-refractivity contribution in [3.05, 3.63) is 0 Å². The zero-order chi connectivity index (χ0) is 7.49. The van der Waals surface area contributed by atoms with E-state index in [1.54, 1.807) is 0 Å². The summed E-state index contributed by atoms with van der Waals surface area (Å²) in [7, 11) is -0.184. The van der Waals surface area contributed by atoms with Gasteiger partial charge in [0.25, 0.3) is 0 Å². The third-order valence-corrected chi connectivity index (χ3v) is 3.50. The fourth-order valence-corrected chi connectivity index (χ4v) is 0.774. The lowest BCUT2D eigenvalue weighted by atomic mass is 11.6. The van der Waals surface area contributed by atoms with E-state index in [1.165, 1.54) is 20.8 Å². The molecular weight excluding hydrogens is 140 g/mol. The second kappa shape index (κ2) is 2.95. The SMILES string of the molecule is CO[Si](C)(OC)C(=O)O. The van der Waals surface area contributed by atoms with E-state index in [9.17, 15) is 4.79 Å². The van der Waals surface area contributed by atoms with Crippen molar-refractivity contribution < 1.29 is 18.8 Å². The van der Waals surface area contributed by atoms with E-state index in [1.807, 2.05) is 0 Å². The molecule has 0 aliphatic rings. The predicted octanol–water partition coefficient (Wildman–Crippen LogP) is 0.611. The van der Waals surface area contributed by atoms with Gasteiger partial charge in [-0.25, -0.2) is 0 Å². The molecule has 0 fully saturated rings. The summed E-state index contributed by atoms with van der Waals surface area (Å²) in [5, 5.41) is 8.44. The molecule has 0 radical (unpaired) electrons. The zero-order valence-corrected chi connectivity index (χ0v) is 6.67. The third kappa shape index (κ3) is 1.78. The topological polar surface area (TPSA) is 55.8 Å². The average Bonchev–Trinajstić information content (AvgIpc) is 1.86. The van der Waals surface area contributed by atoms with Crippen molar-refractivity contribution in [2.45, 2.75) is 6.55 Å². The van der Waals surface area contributed by atoms with E-state index in [-0.39, 0.29) is 0 Å². The highest BCUT2D eigenvalue weighted by atomic mass is 28.4. The van der Waals surface area contributed by atoms with E-state index in [0.29, 0.717) is 0 Å². The monoisotopic (exact) mass is 150 g/mol. The van der Waals surface area contributed by atoms with Crippen LogP contribution in [0.4, 0.5) is 4.79 Å². The summed E-state index contributed by atoms with van der Waals surface area (Å²) >= 11 is 0. The van der Waals surface area contributed by atoms with Gasteiger partial charge in [-0.15, -0.1) is 0 Å². The van der Waals surface area contributed by atoms with Gasteiger partial charge in [-0.2, -0.15) is 0 Å². The van der Waals surface area contributed by atoms with Crippen LogP contribution in [-0.2, 0) is 8.85 Å². The zero-order valence-electron chi connectivity index (χ0n) is 5.67. The van der Waals surface area contributed by atoms with Gasteiger partial charge < -0.3 is 14.0 Å². The van der Waals surface area contributed by atoms with Crippen molar-refractivity contribution >= 4 is 14.2 Å². The highest BCUT2D eigenvalue weighted by molar-refractivity contribution is 6.94. The van der Waals surface area contributed by atoms with Crippen LogP contribution in [0.5, 0.6) is 0 Å². The normalized spacial score (nSPS) is 11.4. The highest BCUT2D eigenvalue weighted by Gasteiger charge is 2.39. The molecule has 0 rings (SSSR count). The number of hydrogen-bond donors (Lipinski definition) is 1. The Morgan fingerprint density at radius 3 is 1.78 bits per heavy atom. The molecule has 0 aliphatic carbocycles. The van der Waals surface area contributed by atoms with Gasteiger partial charge in [0.05, 0.1) is 0 Å². The van der Waals surface area contributed by atoms with Crippen LogP contribution in [-0.4, -0.2) is 33.5 Å². The Labute approximate surface area is 54.6 Å². The first-order valence-corrected chi connectivity index (χ1v) is 4.72. The van der Waals surface area contributed by atoms with Gasteiger partial charge in [0.15, 0.2) is 0 Å². The standard InChI is InChI=1S/C4H10O4Si/c1-7-9(3,8-2)4(5)6/h1-3H3,(H,5,6). The Hall–Kier alpha value is -0.393. The molecule has 4 nitrogen and oxygen atoms in total. The quantitative estimate of drug-likeness (QED) is 0.599. The van der Waals surface area contributed by atoms with E-state index in [2.05, 4.69) is 8.85 Å². The molecule has 0 saturated carbocycles. The predicted molar refractivity (Wildman–Crippen MR) is 33.7 cm³/mol. The minimum absolute atomic E-state index is 0.993. The number of hydrogen-bond acceptors (Lipinski definition) is 3. The maximum absolute atomic E-state index is 10.3. The molecule has 0 spiro atoms. The average molecular weight is 150 g/mol. The van der Waals surface area contributed by atoms with Crippen LogP contribution in [0.1, 0.15) is 0 Å². The van der Waals surface area contributed by atoms with Gasteiger partial charge >= 0.3 is 14.2 Å². The van der Waals surface area contributed by atoms with Crippen molar-refractivity contribution in [2.24, 2.45) is 0 Å². The van der Waals surface area contributed by atoms with Crippen LogP contribution in [0.25, 0.3) is 0 Å². The second-order valence-electron chi connectivity index (χ2n) is 1.66. The molecular formula is C4H10O4Si. The van der Waals surface area contributed by atoms with Crippen LogP contribution in [0.2, 0.25) is 6.55 Å². The lowest BCUT2D eigenvalue weighted by Crippen LogP contribution is -2.44. The number of carbonyl (C=O) groups is 1. The number of rotatable bonds is 3. The Morgan fingerprint density at radius 1 is 1.44 bits per heavy atom. The summed E-state index contributed by atoms with van der Waals surface area (Å²) in [5.74, 6) is 0. The van der Waals surface area contributed by atoms with E-state index < -0.39 is 14.2 Å². The molecule has 0 aliphatic heterocycles. The maximum Gasteiger partial charge on any atom is 0.458 e. The molecule has 0 amide bonds. The number of carboxylic acid groups (broad SMARTS) is 1. The minimum Gasteiger partial charge on any atom is -0.481 e. The molecule has 0 atom stereocenters. The van der Waals surface area contributed by atoms with Crippen LogP contribution in [0, 0.1) is 0 Å². The lowest BCUT2D eigenvalue weighted by molar-refractivity contribution is 0.186. The molecule has 9 heavy (non-hydrogen) atoms. The first-order valence-electron chi connectivity index (χ1n) is 2.40. The van der Waals surface area contributed by atoms with Gasteiger partial charge in [0, 0.05) is 14.2 Å². The van der Waals surface area contributed by atoms with Crippen molar-refractivity contribution in [3.63, 3.8) is 0 Å². The molecule has 0 heterocycles. The molecule has 0 aromatic heterocycles. The summed E-state index contributed by atoms with van der Waals surface area (Å²) in [4.78, 5) is 10.3. The van der Waals surface area contributed by atoms with Crippen molar-refractivity contribution in [3.8, 4) is 0 Å². The first kappa shape index (κ1) is 8.61. The summed E-state index contributed by atoms with van der Waals surface area (Å²) in [5.41, 5.74) is -0.993. The molecule has 5 heteroatoms. The van der Waals surface area contributed by atoms with E-state index in [4.69, 9.17) is 5.11 Å². The highest BCUT2D eigenvalue weighted by Crippen LogP contribution is 2.03. The molecule has 54 valence electrons. The lowest BCUT2D eigenvalue weighted by Gasteiger charge is -2.15. The Bertz CT molecular complexity index is 109. The Morgan fingerprint density at radius 2 is 1.78 bits per heavy atom. The largest absolute Gasteiger partial charge is 0.481 e. The van der Waals surface area contributed by atoms with Crippen LogP contribution in [0.15, 0.2) is 0 Å². The van der Waals surface area contributed by atoms with Crippen molar-refractivity contribution in [2.75, 3.05) is 14.2 Å².